The van der Waals surface area contributed by atoms with Crippen LogP contribution >= 0.6 is 22.7 Å². The van der Waals surface area contributed by atoms with Gasteiger partial charge in [-0.15, -0.1) is 10.2 Å². The number of benzene rings is 1. The Morgan fingerprint density at radius 1 is 1.08 bits per heavy atom. The maximum absolute atomic E-state index is 5.49. The van der Waals surface area contributed by atoms with Crippen LogP contribution in [0, 0.1) is 0 Å². The highest BCUT2D eigenvalue weighted by Gasteiger charge is 2.17. The highest BCUT2D eigenvalue weighted by atomic mass is 32.1. The average Bonchev–Trinajstić information content (AvgIpc) is 3.44. The Balaban J connectivity index is 1.51. The Morgan fingerprint density at radius 2 is 1.96 bits per heavy atom. The summed E-state index contributed by atoms with van der Waals surface area (Å²) in [7, 11) is 1.64. The topological polar surface area (TPSA) is 78.3 Å². The molecule has 5 aromatic rings. The third-order valence-electron chi connectivity index (χ3n) is 3.87. The number of methoxy groups -OCH3 is 1. The Labute approximate surface area is 155 Å². The molecule has 4 aromatic heterocycles. The summed E-state index contributed by atoms with van der Waals surface area (Å²) in [4.78, 5) is 0.718. The normalized spacial score (nSPS) is 11.3. The van der Waals surface area contributed by atoms with Crippen molar-refractivity contribution in [1.29, 1.82) is 0 Å². The summed E-state index contributed by atoms with van der Waals surface area (Å²) < 4.78 is 12.4. The minimum absolute atomic E-state index is 0.669. The fourth-order valence-electron chi connectivity index (χ4n) is 2.56. The van der Waals surface area contributed by atoms with Crippen LogP contribution in [-0.2, 0) is 0 Å². The second-order valence-corrected chi connectivity index (χ2v) is 7.18. The highest BCUT2D eigenvalue weighted by Crippen LogP contribution is 2.31. The molecule has 4 heterocycles. The molecular formula is C17H11N5O2S2. The summed E-state index contributed by atoms with van der Waals surface area (Å²) in [6.07, 6.45) is 0. The van der Waals surface area contributed by atoms with Gasteiger partial charge in [0.25, 0.3) is 0 Å². The zero-order chi connectivity index (χ0) is 17.5. The molecule has 0 bridgehead atoms. The van der Waals surface area contributed by atoms with Crippen LogP contribution in [0.3, 0.4) is 0 Å². The molecule has 0 spiro atoms. The van der Waals surface area contributed by atoms with Gasteiger partial charge in [0.05, 0.1) is 7.11 Å². The molecule has 0 saturated heterocycles. The molecule has 0 aliphatic carbocycles. The number of aromatic nitrogens is 5. The molecule has 0 fully saturated rings. The van der Waals surface area contributed by atoms with Gasteiger partial charge in [-0.05, 0) is 35.7 Å². The van der Waals surface area contributed by atoms with Crippen molar-refractivity contribution in [2.75, 3.05) is 7.11 Å². The van der Waals surface area contributed by atoms with Crippen LogP contribution in [-0.4, -0.2) is 32.1 Å². The second kappa shape index (κ2) is 6.04. The SMILES string of the molecule is COc1ccc(-c2cc(-c3nn4c(-c5ccsc5)nnc4s3)no2)cc1. The summed E-state index contributed by atoms with van der Waals surface area (Å²) in [6, 6.07) is 11.5. The predicted molar refractivity (Wildman–Crippen MR) is 99.5 cm³/mol. The molecule has 0 unspecified atom stereocenters. The van der Waals surface area contributed by atoms with Crippen LogP contribution in [0.2, 0.25) is 0 Å². The van der Waals surface area contributed by atoms with Crippen molar-refractivity contribution >= 4 is 27.6 Å². The zero-order valence-electron chi connectivity index (χ0n) is 13.5. The summed E-state index contributed by atoms with van der Waals surface area (Å²) in [5, 5.41) is 21.9. The van der Waals surface area contributed by atoms with E-state index in [0.717, 1.165) is 32.7 Å². The van der Waals surface area contributed by atoms with Crippen molar-refractivity contribution in [2.24, 2.45) is 0 Å². The second-order valence-electron chi connectivity index (χ2n) is 5.44. The molecule has 1 aromatic carbocycles. The van der Waals surface area contributed by atoms with E-state index in [4.69, 9.17) is 9.26 Å². The molecule has 128 valence electrons. The average molecular weight is 381 g/mol. The van der Waals surface area contributed by atoms with E-state index in [0.29, 0.717) is 11.5 Å². The molecule has 0 aliphatic rings. The molecule has 9 heteroatoms. The number of nitrogens with zero attached hydrogens (tertiary/aromatic N) is 5. The Hall–Kier alpha value is -3.04. The monoisotopic (exact) mass is 381 g/mol. The number of hydrogen-bond donors (Lipinski definition) is 0. The van der Waals surface area contributed by atoms with E-state index >= 15 is 0 Å². The highest BCUT2D eigenvalue weighted by molar-refractivity contribution is 7.19. The van der Waals surface area contributed by atoms with Gasteiger partial charge in [0, 0.05) is 22.6 Å². The van der Waals surface area contributed by atoms with Crippen molar-refractivity contribution in [3.05, 3.63) is 47.2 Å². The van der Waals surface area contributed by atoms with Crippen molar-refractivity contribution in [2.45, 2.75) is 0 Å². The van der Waals surface area contributed by atoms with E-state index in [1.807, 2.05) is 47.2 Å². The first-order chi connectivity index (χ1) is 12.8. The van der Waals surface area contributed by atoms with Crippen LogP contribution < -0.4 is 4.74 Å². The van der Waals surface area contributed by atoms with Crippen LogP contribution in [0.5, 0.6) is 5.75 Å². The van der Waals surface area contributed by atoms with E-state index in [-0.39, 0.29) is 0 Å². The van der Waals surface area contributed by atoms with Gasteiger partial charge in [0.15, 0.2) is 16.6 Å². The fraction of sp³-hybridized carbons (Fsp3) is 0.0588. The van der Waals surface area contributed by atoms with E-state index < -0.39 is 0 Å². The molecular weight excluding hydrogens is 370 g/mol. The number of ether oxygens (including phenoxy) is 1. The minimum Gasteiger partial charge on any atom is -0.497 e. The first-order valence-corrected chi connectivity index (χ1v) is 9.44. The largest absolute Gasteiger partial charge is 0.497 e. The van der Waals surface area contributed by atoms with Crippen molar-refractivity contribution in [3.8, 4) is 39.2 Å². The fourth-order valence-corrected chi connectivity index (χ4v) is 3.99. The molecule has 0 atom stereocenters. The van der Waals surface area contributed by atoms with E-state index in [1.54, 1.807) is 23.0 Å². The standard InChI is InChI=1S/C17H11N5O2S2/c1-23-12-4-2-10(3-5-12)14-8-13(21-24-14)16-20-22-15(11-6-7-25-9-11)18-19-17(22)26-16/h2-9H,1H3. The van der Waals surface area contributed by atoms with Gasteiger partial charge in [-0.3, -0.25) is 0 Å². The van der Waals surface area contributed by atoms with Crippen molar-refractivity contribution < 1.29 is 9.26 Å². The maximum Gasteiger partial charge on any atom is 0.235 e. The molecule has 5 rings (SSSR count). The summed E-state index contributed by atoms with van der Waals surface area (Å²) in [5.41, 5.74) is 2.59. The van der Waals surface area contributed by atoms with Gasteiger partial charge in [-0.1, -0.05) is 16.5 Å². The predicted octanol–water partition coefficient (Wildman–Crippen LogP) is 4.24. The Morgan fingerprint density at radius 3 is 2.73 bits per heavy atom. The van der Waals surface area contributed by atoms with E-state index in [9.17, 15) is 0 Å². The summed E-state index contributed by atoms with van der Waals surface area (Å²) in [5.74, 6) is 2.19. The molecule has 0 amide bonds. The lowest BCUT2D eigenvalue weighted by Crippen LogP contribution is -1.89. The molecule has 0 N–H and O–H groups in total. The number of thiophene rings is 1. The molecule has 26 heavy (non-hydrogen) atoms. The van der Waals surface area contributed by atoms with Gasteiger partial charge in [0.2, 0.25) is 4.96 Å². The van der Waals surface area contributed by atoms with Crippen LogP contribution in [0.15, 0.2) is 51.7 Å². The quantitative estimate of drug-likeness (QED) is 0.463. The lowest BCUT2D eigenvalue weighted by atomic mass is 10.1. The third kappa shape index (κ3) is 2.49. The lowest BCUT2D eigenvalue weighted by molar-refractivity contribution is 0.414. The molecule has 0 radical (unpaired) electrons. The van der Waals surface area contributed by atoms with E-state index in [1.165, 1.54) is 11.3 Å². The third-order valence-corrected chi connectivity index (χ3v) is 5.48. The number of hydrogen-bond acceptors (Lipinski definition) is 8. The van der Waals surface area contributed by atoms with Crippen LogP contribution in [0.1, 0.15) is 0 Å². The van der Waals surface area contributed by atoms with Gasteiger partial charge >= 0.3 is 0 Å². The van der Waals surface area contributed by atoms with Crippen molar-refractivity contribution in [3.63, 3.8) is 0 Å². The van der Waals surface area contributed by atoms with Gasteiger partial charge in [0.1, 0.15) is 11.4 Å². The maximum atomic E-state index is 5.49. The summed E-state index contributed by atoms with van der Waals surface area (Å²) in [6.45, 7) is 0. The minimum atomic E-state index is 0.669. The first kappa shape index (κ1) is 15.2. The van der Waals surface area contributed by atoms with Gasteiger partial charge in [-0.25, -0.2) is 0 Å². The Bertz CT molecular complexity index is 1170. The number of rotatable bonds is 4. The molecule has 7 nitrogen and oxygen atoms in total. The lowest BCUT2D eigenvalue weighted by Gasteiger charge is -1.99. The van der Waals surface area contributed by atoms with Gasteiger partial charge < -0.3 is 9.26 Å². The summed E-state index contributed by atoms with van der Waals surface area (Å²) >= 11 is 3.03. The van der Waals surface area contributed by atoms with E-state index in [2.05, 4.69) is 20.5 Å². The first-order valence-electron chi connectivity index (χ1n) is 7.68. The van der Waals surface area contributed by atoms with Gasteiger partial charge in [-0.2, -0.15) is 21.0 Å². The molecule has 0 aliphatic heterocycles. The zero-order valence-corrected chi connectivity index (χ0v) is 15.1. The molecule has 0 saturated carbocycles. The number of fused-ring (bicyclic) bond motifs is 1. The van der Waals surface area contributed by atoms with Crippen molar-refractivity contribution in [1.82, 2.24) is 25.0 Å². The Kier molecular flexibility index (Phi) is 3.54. The van der Waals surface area contributed by atoms with Crippen LogP contribution in [0.4, 0.5) is 0 Å². The smallest absolute Gasteiger partial charge is 0.235 e. The van der Waals surface area contributed by atoms with Crippen LogP contribution in [0.25, 0.3) is 38.4 Å².